The van der Waals surface area contributed by atoms with Crippen molar-refractivity contribution in [2.75, 3.05) is 46.1 Å². The molecule has 6 nitrogen and oxygen atoms in total. The molecule has 1 amide bonds. The molecule has 0 N–H and O–H groups in total. The van der Waals surface area contributed by atoms with Gasteiger partial charge in [-0.3, -0.25) is 9.69 Å². The SMILES string of the molecule is O=C(CCc1ccc2c(c1)OCO2)N1CCN(CCOc2ccccc2Cl)CC1. The van der Waals surface area contributed by atoms with Gasteiger partial charge in [-0.05, 0) is 36.2 Å². The van der Waals surface area contributed by atoms with E-state index in [9.17, 15) is 4.79 Å². The Morgan fingerprint density at radius 1 is 1.03 bits per heavy atom. The van der Waals surface area contributed by atoms with E-state index in [0.29, 0.717) is 30.2 Å². The first-order valence-electron chi connectivity index (χ1n) is 9.95. The van der Waals surface area contributed by atoms with Gasteiger partial charge in [0.2, 0.25) is 12.7 Å². The number of piperazine rings is 1. The van der Waals surface area contributed by atoms with Gasteiger partial charge in [-0.2, -0.15) is 0 Å². The fraction of sp³-hybridized carbons (Fsp3) is 0.409. The fourth-order valence-electron chi connectivity index (χ4n) is 3.57. The van der Waals surface area contributed by atoms with Crippen LogP contribution in [0.15, 0.2) is 42.5 Å². The summed E-state index contributed by atoms with van der Waals surface area (Å²) in [5, 5.41) is 0.630. The molecule has 0 unspecified atom stereocenters. The molecule has 0 radical (unpaired) electrons. The highest BCUT2D eigenvalue weighted by molar-refractivity contribution is 6.32. The molecule has 0 saturated carbocycles. The molecule has 0 atom stereocenters. The van der Waals surface area contributed by atoms with Crippen LogP contribution in [0.3, 0.4) is 0 Å². The van der Waals surface area contributed by atoms with Gasteiger partial charge in [-0.25, -0.2) is 0 Å². The minimum absolute atomic E-state index is 0.203. The second-order valence-corrected chi connectivity index (χ2v) is 7.60. The molecule has 2 aliphatic heterocycles. The number of nitrogens with zero attached hydrogens (tertiary/aromatic N) is 2. The predicted octanol–water partition coefficient (Wildman–Crippen LogP) is 3.22. The van der Waals surface area contributed by atoms with Crippen LogP contribution in [-0.4, -0.2) is 61.8 Å². The normalized spacial score (nSPS) is 16.1. The summed E-state index contributed by atoms with van der Waals surface area (Å²) in [5.74, 6) is 2.46. The lowest BCUT2D eigenvalue weighted by Crippen LogP contribution is -2.49. The van der Waals surface area contributed by atoms with Crippen LogP contribution in [0.2, 0.25) is 5.02 Å². The summed E-state index contributed by atoms with van der Waals surface area (Å²) in [5.41, 5.74) is 1.10. The molecule has 2 aromatic rings. The van der Waals surface area contributed by atoms with E-state index in [1.165, 1.54) is 0 Å². The van der Waals surface area contributed by atoms with E-state index >= 15 is 0 Å². The first kappa shape index (κ1) is 19.9. The molecule has 7 heteroatoms. The van der Waals surface area contributed by atoms with Crippen LogP contribution in [0.25, 0.3) is 0 Å². The average molecular weight is 417 g/mol. The Labute approximate surface area is 175 Å². The molecule has 0 bridgehead atoms. The first-order valence-corrected chi connectivity index (χ1v) is 10.3. The predicted molar refractivity (Wildman–Crippen MR) is 111 cm³/mol. The highest BCUT2D eigenvalue weighted by Crippen LogP contribution is 2.32. The van der Waals surface area contributed by atoms with Crippen molar-refractivity contribution in [2.45, 2.75) is 12.8 Å². The Morgan fingerprint density at radius 3 is 2.66 bits per heavy atom. The van der Waals surface area contributed by atoms with Gasteiger partial charge in [0.15, 0.2) is 11.5 Å². The van der Waals surface area contributed by atoms with Crippen molar-refractivity contribution in [1.29, 1.82) is 0 Å². The second-order valence-electron chi connectivity index (χ2n) is 7.19. The van der Waals surface area contributed by atoms with Crippen LogP contribution in [0.5, 0.6) is 17.2 Å². The van der Waals surface area contributed by atoms with Crippen molar-refractivity contribution in [3.8, 4) is 17.2 Å². The van der Waals surface area contributed by atoms with Gasteiger partial charge in [0, 0.05) is 39.1 Å². The lowest BCUT2D eigenvalue weighted by molar-refractivity contribution is -0.132. The molecule has 2 aliphatic rings. The molecule has 2 aromatic carbocycles. The second kappa shape index (κ2) is 9.37. The van der Waals surface area contributed by atoms with Crippen molar-refractivity contribution >= 4 is 17.5 Å². The number of amides is 1. The van der Waals surface area contributed by atoms with Crippen LogP contribution in [-0.2, 0) is 11.2 Å². The lowest BCUT2D eigenvalue weighted by atomic mass is 10.1. The zero-order chi connectivity index (χ0) is 20.1. The zero-order valence-electron chi connectivity index (χ0n) is 16.3. The maximum Gasteiger partial charge on any atom is 0.231 e. The molecule has 1 saturated heterocycles. The number of hydrogen-bond donors (Lipinski definition) is 0. The minimum Gasteiger partial charge on any atom is -0.491 e. The minimum atomic E-state index is 0.203. The van der Waals surface area contributed by atoms with E-state index in [4.69, 9.17) is 25.8 Å². The molecule has 0 aromatic heterocycles. The summed E-state index contributed by atoms with van der Waals surface area (Å²) >= 11 is 6.11. The van der Waals surface area contributed by atoms with Crippen LogP contribution in [0.1, 0.15) is 12.0 Å². The maximum absolute atomic E-state index is 12.6. The molecule has 154 valence electrons. The maximum atomic E-state index is 12.6. The summed E-state index contributed by atoms with van der Waals surface area (Å²) in [6, 6.07) is 13.4. The van der Waals surface area contributed by atoms with Crippen LogP contribution < -0.4 is 14.2 Å². The number of benzene rings is 2. The highest BCUT2D eigenvalue weighted by atomic mass is 35.5. The number of fused-ring (bicyclic) bond motifs is 1. The van der Waals surface area contributed by atoms with Gasteiger partial charge >= 0.3 is 0 Å². The summed E-state index contributed by atoms with van der Waals surface area (Å²) < 4.78 is 16.5. The summed E-state index contributed by atoms with van der Waals surface area (Å²) in [6.07, 6.45) is 1.22. The van der Waals surface area contributed by atoms with Gasteiger partial charge in [0.25, 0.3) is 0 Å². The monoisotopic (exact) mass is 416 g/mol. The molecule has 29 heavy (non-hydrogen) atoms. The number of ether oxygens (including phenoxy) is 3. The molecule has 4 rings (SSSR count). The third-order valence-electron chi connectivity index (χ3n) is 5.29. The van der Waals surface area contributed by atoms with Gasteiger partial charge in [-0.15, -0.1) is 0 Å². The van der Waals surface area contributed by atoms with Gasteiger partial charge < -0.3 is 19.1 Å². The summed E-state index contributed by atoms with van der Waals surface area (Å²) in [6.45, 7) is 4.92. The molecule has 2 heterocycles. The van der Waals surface area contributed by atoms with Gasteiger partial charge in [-0.1, -0.05) is 29.8 Å². The van der Waals surface area contributed by atoms with Crippen LogP contribution in [0, 0.1) is 0 Å². The van der Waals surface area contributed by atoms with E-state index in [-0.39, 0.29) is 12.7 Å². The Morgan fingerprint density at radius 2 is 1.83 bits per heavy atom. The van der Waals surface area contributed by atoms with Crippen LogP contribution >= 0.6 is 11.6 Å². The van der Waals surface area contributed by atoms with E-state index in [1.54, 1.807) is 0 Å². The van der Waals surface area contributed by atoms with Crippen LogP contribution in [0.4, 0.5) is 0 Å². The quantitative estimate of drug-likeness (QED) is 0.693. The fourth-order valence-corrected chi connectivity index (χ4v) is 3.76. The molecule has 1 fully saturated rings. The Kier molecular flexibility index (Phi) is 6.42. The smallest absolute Gasteiger partial charge is 0.231 e. The first-order chi connectivity index (χ1) is 14.2. The molecule has 0 spiro atoms. The number of halogens is 1. The van der Waals surface area contributed by atoms with E-state index in [2.05, 4.69) is 4.90 Å². The Bertz CT molecular complexity index is 852. The van der Waals surface area contributed by atoms with Crippen molar-refractivity contribution in [2.24, 2.45) is 0 Å². The highest BCUT2D eigenvalue weighted by Gasteiger charge is 2.21. The molecular formula is C22H25ClN2O4. The van der Waals surface area contributed by atoms with Crippen molar-refractivity contribution < 1.29 is 19.0 Å². The van der Waals surface area contributed by atoms with Gasteiger partial charge in [0.1, 0.15) is 12.4 Å². The number of carbonyl (C=O) groups is 1. The van der Waals surface area contributed by atoms with E-state index in [1.807, 2.05) is 47.4 Å². The summed E-state index contributed by atoms with van der Waals surface area (Å²) in [4.78, 5) is 16.8. The zero-order valence-corrected chi connectivity index (χ0v) is 17.1. The third-order valence-corrected chi connectivity index (χ3v) is 5.60. The summed E-state index contributed by atoms with van der Waals surface area (Å²) in [7, 11) is 0. The Hall–Kier alpha value is -2.44. The van der Waals surface area contributed by atoms with Crippen molar-refractivity contribution in [3.63, 3.8) is 0 Å². The number of aryl methyl sites for hydroxylation is 1. The molecule has 0 aliphatic carbocycles. The number of carbonyl (C=O) groups excluding carboxylic acids is 1. The lowest BCUT2D eigenvalue weighted by Gasteiger charge is -2.34. The van der Waals surface area contributed by atoms with E-state index < -0.39 is 0 Å². The molecular weight excluding hydrogens is 392 g/mol. The van der Waals surface area contributed by atoms with E-state index in [0.717, 1.165) is 49.8 Å². The average Bonchev–Trinajstić information content (AvgIpc) is 3.22. The number of para-hydroxylation sites is 1. The number of hydrogen-bond acceptors (Lipinski definition) is 5. The standard InChI is InChI=1S/C22H25ClN2O4/c23-18-3-1-2-4-19(18)27-14-13-24-9-11-25(12-10-24)22(26)8-6-17-5-7-20-21(15-17)29-16-28-20/h1-5,7,15H,6,8-14,16H2. The number of rotatable bonds is 7. The largest absolute Gasteiger partial charge is 0.491 e. The topological polar surface area (TPSA) is 51.2 Å². The Balaban J connectivity index is 1.16. The van der Waals surface area contributed by atoms with Gasteiger partial charge in [0.05, 0.1) is 5.02 Å². The third kappa shape index (κ3) is 5.14. The van der Waals surface area contributed by atoms with Crippen molar-refractivity contribution in [1.82, 2.24) is 9.80 Å². The van der Waals surface area contributed by atoms with Crippen molar-refractivity contribution in [3.05, 3.63) is 53.1 Å².